The van der Waals surface area contributed by atoms with Crippen molar-refractivity contribution in [2.45, 2.75) is 51.7 Å². The summed E-state index contributed by atoms with van der Waals surface area (Å²) in [5.74, 6) is 0.738. The molecule has 0 heterocycles. The number of amides is 2. The molecule has 5 heteroatoms. The molecule has 5 nitrogen and oxygen atoms in total. The fourth-order valence-corrected chi connectivity index (χ4v) is 3.75. The molecule has 1 saturated carbocycles. The Hall–Kier alpha value is -1.59. The summed E-state index contributed by atoms with van der Waals surface area (Å²) in [7, 11) is 4.22. The Balaban J connectivity index is 1.72. The van der Waals surface area contributed by atoms with Crippen LogP contribution in [-0.4, -0.2) is 49.3 Å². The minimum absolute atomic E-state index is 0.181. The van der Waals surface area contributed by atoms with Crippen LogP contribution in [0.25, 0.3) is 0 Å². The molecular formula is C20H33N3O2. The third-order valence-corrected chi connectivity index (χ3v) is 4.89. The first-order valence-corrected chi connectivity index (χ1v) is 9.29. The van der Waals surface area contributed by atoms with E-state index in [1.165, 1.54) is 0 Å². The van der Waals surface area contributed by atoms with Gasteiger partial charge in [-0.1, -0.05) is 29.3 Å². The van der Waals surface area contributed by atoms with Gasteiger partial charge >= 0.3 is 6.03 Å². The van der Waals surface area contributed by atoms with Gasteiger partial charge in [0.1, 0.15) is 0 Å². The molecule has 1 fully saturated rings. The Morgan fingerprint density at radius 3 is 2.32 bits per heavy atom. The number of benzene rings is 1. The van der Waals surface area contributed by atoms with E-state index in [9.17, 15) is 9.90 Å². The summed E-state index contributed by atoms with van der Waals surface area (Å²) in [6.07, 6.45) is 3.71. The van der Waals surface area contributed by atoms with Crippen LogP contribution >= 0.6 is 0 Å². The van der Waals surface area contributed by atoms with E-state index in [0.717, 1.165) is 54.8 Å². The van der Waals surface area contributed by atoms with Gasteiger partial charge in [0.2, 0.25) is 0 Å². The number of rotatable bonds is 6. The Bertz CT molecular complexity index is 546. The SMILES string of the molecule is Cc1cc(C)cc(C(O)CNC(=O)NC2CCC(CN(C)C)CC2)c1. The van der Waals surface area contributed by atoms with Crippen LogP contribution in [0.15, 0.2) is 18.2 Å². The summed E-state index contributed by atoms with van der Waals surface area (Å²) in [5, 5.41) is 16.1. The van der Waals surface area contributed by atoms with Gasteiger partial charge in [0.25, 0.3) is 0 Å². The number of carbonyl (C=O) groups excluding carboxylic acids is 1. The van der Waals surface area contributed by atoms with Crippen molar-refractivity contribution < 1.29 is 9.90 Å². The molecule has 3 N–H and O–H groups in total. The molecule has 2 amide bonds. The largest absolute Gasteiger partial charge is 0.387 e. The van der Waals surface area contributed by atoms with Crippen LogP contribution in [0.4, 0.5) is 4.79 Å². The van der Waals surface area contributed by atoms with Gasteiger partial charge in [-0.05, 0) is 65.1 Å². The monoisotopic (exact) mass is 347 g/mol. The van der Waals surface area contributed by atoms with Crippen molar-refractivity contribution in [3.8, 4) is 0 Å². The lowest BCUT2D eigenvalue weighted by molar-refractivity contribution is 0.170. The standard InChI is InChI=1S/C20H33N3O2/c1-14-9-15(2)11-17(10-14)19(24)12-21-20(25)22-18-7-5-16(6-8-18)13-23(3)4/h9-11,16,18-19,24H,5-8,12-13H2,1-4H3,(H2,21,22,25). The van der Waals surface area contributed by atoms with Crippen molar-refractivity contribution >= 4 is 6.03 Å². The number of aryl methyl sites for hydroxylation is 2. The average molecular weight is 348 g/mol. The fourth-order valence-electron chi connectivity index (χ4n) is 3.75. The summed E-state index contributed by atoms with van der Waals surface area (Å²) in [6, 6.07) is 6.06. The molecule has 0 bridgehead atoms. The highest BCUT2D eigenvalue weighted by Crippen LogP contribution is 2.24. The van der Waals surface area contributed by atoms with Crippen LogP contribution in [0.3, 0.4) is 0 Å². The Morgan fingerprint density at radius 1 is 1.16 bits per heavy atom. The van der Waals surface area contributed by atoms with Gasteiger partial charge in [-0.25, -0.2) is 4.79 Å². The molecule has 1 aromatic carbocycles. The number of hydrogen-bond acceptors (Lipinski definition) is 3. The van der Waals surface area contributed by atoms with Gasteiger partial charge in [0.15, 0.2) is 0 Å². The normalized spacial score (nSPS) is 21.8. The van der Waals surface area contributed by atoms with Crippen molar-refractivity contribution in [3.63, 3.8) is 0 Å². The van der Waals surface area contributed by atoms with Crippen molar-refractivity contribution in [2.24, 2.45) is 5.92 Å². The molecule has 1 aliphatic rings. The first-order chi connectivity index (χ1) is 11.8. The van der Waals surface area contributed by atoms with Crippen LogP contribution < -0.4 is 10.6 Å². The van der Waals surface area contributed by atoms with E-state index in [1.807, 2.05) is 26.0 Å². The number of aliphatic hydroxyl groups excluding tert-OH is 1. The number of carbonyl (C=O) groups is 1. The number of nitrogens with one attached hydrogen (secondary N) is 2. The van der Waals surface area contributed by atoms with Gasteiger partial charge in [0.05, 0.1) is 6.10 Å². The van der Waals surface area contributed by atoms with E-state index in [1.54, 1.807) is 0 Å². The molecule has 140 valence electrons. The summed E-state index contributed by atoms with van der Waals surface area (Å²) < 4.78 is 0. The second-order valence-corrected chi connectivity index (χ2v) is 7.77. The van der Waals surface area contributed by atoms with E-state index in [2.05, 4.69) is 35.7 Å². The summed E-state index contributed by atoms with van der Waals surface area (Å²) in [4.78, 5) is 14.3. The molecule has 25 heavy (non-hydrogen) atoms. The van der Waals surface area contributed by atoms with Crippen LogP contribution in [0.1, 0.15) is 48.5 Å². The topological polar surface area (TPSA) is 64.6 Å². The second kappa shape index (κ2) is 9.20. The van der Waals surface area contributed by atoms with Crippen LogP contribution in [0, 0.1) is 19.8 Å². The highest BCUT2D eigenvalue weighted by Gasteiger charge is 2.22. The number of urea groups is 1. The zero-order chi connectivity index (χ0) is 18.4. The lowest BCUT2D eigenvalue weighted by Crippen LogP contribution is -2.45. The second-order valence-electron chi connectivity index (χ2n) is 7.77. The van der Waals surface area contributed by atoms with E-state index < -0.39 is 6.10 Å². The van der Waals surface area contributed by atoms with Crippen LogP contribution in [0.5, 0.6) is 0 Å². The van der Waals surface area contributed by atoms with E-state index in [4.69, 9.17) is 0 Å². The minimum atomic E-state index is -0.680. The Morgan fingerprint density at radius 2 is 1.76 bits per heavy atom. The summed E-state index contributed by atoms with van der Waals surface area (Å²) in [6.45, 7) is 5.37. The van der Waals surface area contributed by atoms with Gasteiger partial charge in [-0.3, -0.25) is 0 Å². The molecule has 1 unspecified atom stereocenters. The molecule has 0 radical (unpaired) electrons. The maximum atomic E-state index is 12.1. The van der Waals surface area contributed by atoms with Crippen LogP contribution in [0.2, 0.25) is 0 Å². The molecule has 1 aromatic rings. The molecule has 2 rings (SSSR count). The third-order valence-electron chi connectivity index (χ3n) is 4.89. The Kier molecular flexibility index (Phi) is 7.26. The van der Waals surface area contributed by atoms with Crippen molar-refractivity contribution in [2.75, 3.05) is 27.2 Å². The summed E-state index contributed by atoms with van der Waals surface area (Å²) >= 11 is 0. The first kappa shape index (κ1) is 19.7. The van der Waals surface area contributed by atoms with E-state index in [0.29, 0.717) is 0 Å². The minimum Gasteiger partial charge on any atom is -0.387 e. The molecular weight excluding hydrogens is 314 g/mol. The number of hydrogen-bond donors (Lipinski definition) is 3. The Labute approximate surface area is 151 Å². The van der Waals surface area contributed by atoms with Gasteiger partial charge < -0.3 is 20.6 Å². The first-order valence-electron chi connectivity index (χ1n) is 9.29. The van der Waals surface area contributed by atoms with Crippen molar-refractivity contribution in [1.29, 1.82) is 0 Å². The lowest BCUT2D eigenvalue weighted by Gasteiger charge is -2.30. The van der Waals surface area contributed by atoms with E-state index in [-0.39, 0.29) is 18.6 Å². The number of nitrogens with zero attached hydrogens (tertiary/aromatic N) is 1. The predicted molar refractivity (Wildman–Crippen MR) is 102 cm³/mol. The van der Waals surface area contributed by atoms with Crippen LogP contribution in [-0.2, 0) is 0 Å². The third kappa shape index (κ3) is 6.67. The zero-order valence-corrected chi connectivity index (χ0v) is 16.0. The highest BCUT2D eigenvalue weighted by atomic mass is 16.3. The van der Waals surface area contributed by atoms with Crippen molar-refractivity contribution in [1.82, 2.24) is 15.5 Å². The quantitative estimate of drug-likeness (QED) is 0.741. The van der Waals surface area contributed by atoms with Gasteiger partial charge in [-0.2, -0.15) is 0 Å². The number of aliphatic hydroxyl groups is 1. The molecule has 0 saturated heterocycles. The van der Waals surface area contributed by atoms with E-state index >= 15 is 0 Å². The molecule has 1 atom stereocenters. The molecule has 0 aliphatic heterocycles. The maximum absolute atomic E-state index is 12.1. The molecule has 0 spiro atoms. The van der Waals surface area contributed by atoms with Gasteiger partial charge in [0, 0.05) is 19.1 Å². The fraction of sp³-hybridized carbons (Fsp3) is 0.650. The molecule has 1 aliphatic carbocycles. The predicted octanol–water partition coefficient (Wildman–Crippen LogP) is 2.76. The zero-order valence-electron chi connectivity index (χ0n) is 16.0. The van der Waals surface area contributed by atoms with Crippen molar-refractivity contribution in [3.05, 3.63) is 34.9 Å². The lowest BCUT2D eigenvalue weighted by atomic mass is 9.86. The smallest absolute Gasteiger partial charge is 0.315 e. The summed E-state index contributed by atoms with van der Waals surface area (Å²) in [5.41, 5.74) is 3.09. The maximum Gasteiger partial charge on any atom is 0.315 e. The average Bonchev–Trinajstić information content (AvgIpc) is 2.53. The van der Waals surface area contributed by atoms with Gasteiger partial charge in [-0.15, -0.1) is 0 Å². The molecule has 0 aromatic heterocycles. The highest BCUT2D eigenvalue weighted by molar-refractivity contribution is 5.74.